The van der Waals surface area contributed by atoms with Crippen LogP contribution >= 0.6 is 11.6 Å². The summed E-state index contributed by atoms with van der Waals surface area (Å²) in [7, 11) is 1.52. The Morgan fingerprint density at radius 2 is 2.00 bits per heavy atom. The van der Waals surface area contributed by atoms with Gasteiger partial charge in [-0.3, -0.25) is 4.79 Å². The van der Waals surface area contributed by atoms with Gasteiger partial charge >= 0.3 is 0 Å². The Morgan fingerprint density at radius 3 is 2.50 bits per heavy atom. The molecular formula is C15H22ClNO3. The minimum absolute atomic E-state index is 0.0267. The van der Waals surface area contributed by atoms with Crippen LogP contribution in [0.2, 0.25) is 5.02 Å². The summed E-state index contributed by atoms with van der Waals surface area (Å²) in [4.78, 5) is 12.1. The van der Waals surface area contributed by atoms with Crippen molar-refractivity contribution in [1.29, 1.82) is 0 Å². The molecule has 1 atom stereocenters. The van der Waals surface area contributed by atoms with Gasteiger partial charge in [0.2, 0.25) is 0 Å². The minimum Gasteiger partial charge on any atom is -0.493 e. The number of hydrogen-bond donors (Lipinski definition) is 1. The van der Waals surface area contributed by atoms with E-state index in [1.54, 1.807) is 12.1 Å². The second kappa shape index (κ2) is 7.39. The molecule has 1 unspecified atom stereocenters. The second-order valence-corrected chi connectivity index (χ2v) is 5.35. The molecule has 0 heterocycles. The number of halogens is 1. The molecule has 0 saturated carbocycles. The van der Waals surface area contributed by atoms with Crippen molar-refractivity contribution in [3.8, 4) is 11.5 Å². The molecule has 0 spiro atoms. The molecular weight excluding hydrogens is 278 g/mol. The highest BCUT2D eigenvalue weighted by Gasteiger charge is 2.17. The summed E-state index contributed by atoms with van der Waals surface area (Å²) >= 11 is 6.19. The molecule has 1 aromatic rings. The third kappa shape index (κ3) is 4.30. The molecule has 0 aliphatic rings. The average Bonchev–Trinajstić information content (AvgIpc) is 2.39. The van der Waals surface area contributed by atoms with Gasteiger partial charge in [0.1, 0.15) is 0 Å². The molecule has 0 bridgehead atoms. The van der Waals surface area contributed by atoms with E-state index in [9.17, 15) is 4.79 Å². The number of benzene rings is 1. The fraction of sp³-hybridized carbons (Fsp3) is 0.533. The first kappa shape index (κ1) is 16.6. The van der Waals surface area contributed by atoms with Gasteiger partial charge in [-0.05, 0) is 39.3 Å². The molecule has 1 aromatic carbocycles. The van der Waals surface area contributed by atoms with Gasteiger partial charge in [0, 0.05) is 11.6 Å². The molecule has 112 valence electrons. The van der Waals surface area contributed by atoms with Crippen molar-refractivity contribution in [2.75, 3.05) is 7.11 Å². The van der Waals surface area contributed by atoms with Crippen molar-refractivity contribution in [3.05, 3.63) is 22.7 Å². The lowest BCUT2D eigenvalue weighted by Crippen LogP contribution is -2.31. The first-order valence-electron chi connectivity index (χ1n) is 6.74. The van der Waals surface area contributed by atoms with Gasteiger partial charge in [0.15, 0.2) is 11.5 Å². The lowest BCUT2D eigenvalue weighted by molar-refractivity contribution is 0.0939. The summed E-state index contributed by atoms with van der Waals surface area (Å²) in [6.07, 6.45) is 0.840. The van der Waals surface area contributed by atoms with Gasteiger partial charge < -0.3 is 14.8 Å². The quantitative estimate of drug-likeness (QED) is 0.872. The number of nitrogens with one attached hydrogen (secondary N) is 1. The number of amides is 1. The fourth-order valence-electron chi connectivity index (χ4n) is 1.61. The Kier molecular flexibility index (Phi) is 6.14. The molecule has 4 nitrogen and oxygen atoms in total. The smallest absolute Gasteiger partial charge is 0.251 e. The van der Waals surface area contributed by atoms with Gasteiger partial charge in [0.25, 0.3) is 5.91 Å². The molecule has 0 aromatic heterocycles. The number of methoxy groups -OCH3 is 1. The van der Waals surface area contributed by atoms with Gasteiger partial charge in [-0.15, -0.1) is 0 Å². The van der Waals surface area contributed by atoms with Gasteiger partial charge in [-0.25, -0.2) is 0 Å². The van der Waals surface area contributed by atoms with Gasteiger partial charge in [-0.2, -0.15) is 0 Å². The van der Waals surface area contributed by atoms with Crippen molar-refractivity contribution in [2.24, 2.45) is 0 Å². The Labute approximate surface area is 125 Å². The molecule has 0 fully saturated rings. The third-order valence-corrected chi connectivity index (χ3v) is 3.12. The number of ether oxygens (including phenoxy) is 2. The molecule has 0 aliphatic carbocycles. The zero-order chi connectivity index (χ0) is 15.3. The standard InChI is InChI=1S/C15H22ClNO3/c1-6-10(4)17-15(18)11-7-12(16)14(20-9(2)3)13(8-11)19-5/h7-10H,6H2,1-5H3,(H,17,18). The van der Waals surface area contributed by atoms with Crippen LogP contribution in [0.5, 0.6) is 11.5 Å². The lowest BCUT2D eigenvalue weighted by Gasteiger charge is -2.17. The van der Waals surface area contributed by atoms with Crippen LogP contribution in [0, 0.1) is 0 Å². The Bertz CT molecular complexity index is 474. The number of rotatable bonds is 6. The van der Waals surface area contributed by atoms with Crippen molar-refractivity contribution < 1.29 is 14.3 Å². The van der Waals surface area contributed by atoms with Crippen molar-refractivity contribution >= 4 is 17.5 Å². The average molecular weight is 300 g/mol. The minimum atomic E-state index is -0.171. The largest absolute Gasteiger partial charge is 0.493 e. The van der Waals surface area contributed by atoms with E-state index in [4.69, 9.17) is 21.1 Å². The Hall–Kier alpha value is -1.42. The van der Waals surface area contributed by atoms with E-state index in [2.05, 4.69) is 5.32 Å². The zero-order valence-corrected chi connectivity index (χ0v) is 13.4. The highest BCUT2D eigenvalue weighted by Crippen LogP contribution is 2.37. The van der Waals surface area contributed by atoms with Crippen molar-refractivity contribution in [2.45, 2.75) is 46.3 Å². The SMILES string of the molecule is CCC(C)NC(=O)c1cc(Cl)c(OC(C)C)c(OC)c1. The molecule has 0 aliphatic heterocycles. The van der Waals surface area contributed by atoms with Gasteiger partial charge in [-0.1, -0.05) is 18.5 Å². The van der Waals surface area contributed by atoms with Crippen LogP contribution in [-0.2, 0) is 0 Å². The van der Waals surface area contributed by atoms with Crippen LogP contribution in [0.3, 0.4) is 0 Å². The summed E-state index contributed by atoms with van der Waals surface area (Å²) in [5.74, 6) is 0.750. The van der Waals surface area contributed by atoms with Crippen LogP contribution in [0.15, 0.2) is 12.1 Å². The summed E-state index contributed by atoms with van der Waals surface area (Å²) in [5.41, 5.74) is 0.461. The van der Waals surface area contributed by atoms with Crippen molar-refractivity contribution in [1.82, 2.24) is 5.32 Å². The van der Waals surface area contributed by atoms with E-state index < -0.39 is 0 Å². The molecule has 1 rings (SSSR count). The number of hydrogen-bond acceptors (Lipinski definition) is 3. The maximum atomic E-state index is 12.1. The van der Waals surface area contributed by atoms with E-state index in [-0.39, 0.29) is 18.1 Å². The van der Waals surface area contributed by atoms with Crippen LogP contribution in [0.4, 0.5) is 0 Å². The molecule has 5 heteroatoms. The molecule has 20 heavy (non-hydrogen) atoms. The lowest BCUT2D eigenvalue weighted by atomic mass is 10.1. The van der Waals surface area contributed by atoms with Crippen LogP contribution in [0.25, 0.3) is 0 Å². The first-order valence-corrected chi connectivity index (χ1v) is 7.11. The second-order valence-electron chi connectivity index (χ2n) is 4.94. The van der Waals surface area contributed by atoms with Crippen molar-refractivity contribution in [3.63, 3.8) is 0 Å². The van der Waals surface area contributed by atoms with E-state index in [0.29, 0.717) is 22.1 Å². The zero-order valence-electron chi connectivity index (χ0n) is 12.6. The summed E-state index contributed by atoms with van der Waals surface area (Å²) in [6, 6.07) is 3.35. The van der Waals surface area contributed by atoms with E-state index in [1.807, 2.05) is 27.7 Å². The Morgan fingerprint density at radius 1 is 1.35 bits per heavy atom. The summed E-state index contributed by atoms with van der Waals surface area (Å²) in [6.45, 7) is 7.77. The third-order valence-electron chi connectivity index (χ3n) is 2.84. The first-order chi connectivity index (χ1) is 9.38. The number of carbonyl (C=O) groups is 1. The number of carbonyl (C=O) groups excluding carboxylic acids is 1. The van der Waals surface area contributed by atoms with Gasteiger partial charge in [0.05, 0.1) is 18.2 Å². The molecule has 0 radical (unpaired) electrons. The fourth-order valence-corrected chi connectivity index (χ4v) is 1.87. The topological polar surface area (TPSA) is 47.6 Å². The van der Waals surface area contributed by atoms with E-state index in [1.165, 1.54) is 7.11 Å². The maximum Gasteiger partial charge on any atom is 0.251 e. The molecule has 1 N–H and O–H groups in total. The van der Waals surface area contributed by atoms with Crippen LogP contribution in [0.1, 0.15) is 44.5 Å². The highest BCUT2D eigenvalue weighted by molar-refractivity contribution is 6.32. The monoisotopic (exact) mass is 299 g/mol. The highest BCUT2D eigenvalue weighted by atomic mass is 35.5. The maximum absolute atomic E-state index is 12.1. The molecule has 1 amide bonds. The van der Waals surface area contributed by atoms with E-state index in [0.717, 1.165) is 6.42 Å². The molecule has 0 saturated heterocycles. The predicted molar refractivity (Wildman–Crippen MR) is 81.0 cm³/mol. The van der Waals surface area contributed by atoms with Crippen LogP contribution in [-0.4, -0.2) is 25.2 Å². The Balaban J connectivity index is 3.06. The van der Waals surface area contributed by atoms with E-state index >= 15 is 0 Å². The van der Waals surface area contributed by atoms with Crippen LogP contribution < -0.4 is 14.8 Å². The predicted octanol–water partition coefficient (Wildman–Crippen LogP) is 3.66. The summed E-state index contributed by atoms with van der Waals surface area (Å²) in [5, 5.41) is 3.26. The normalized spacial score (nSPS) is 12.2. The summed E-state index contributed by atoms with van der Waals surface area (Å²) < 4.78 is 10.9.